The Hall–Kier alpha value is -3.48. The number of benzene rings is 2. The van der Waals surface area contributed by atoms with Crippen LogP contribution >= 0.6 is 0 Å². The first-order valence-corrected chi connectivity index (χ1v) is 9.99. The van der Waals surface area contributed by atoms with Crippen LogP contribution in [0.3, 0.4) is 0 Å². The van der Waals surface area contributed by atoms with Gasteiger partial charge in [-0.2, -0.15) is 0 Å². The van der Waals surface area contributed by atoms with Crippen molar-refractivity contribution >= 4 is 11.7 Å². The second kappa shape index (κ2) is 8.90. The summed E-state index contributed by atoms with van der Waals surface area (Å²) in [6, 6.07) is 15.4. The number of piperazine rings is 1. The van der Waals surface area contributed by atoms with E-state index in [-0.39, 0.29) is 11.7 Å². The van der Waals surface area contributed by atoms with Crippen LogP contribution in [-0.4, -0.2) is 53.6 Å². The van der Waals surface area contributed by atoms with Crippen LogP contribution in [-0.2, 0) is 0 Å². The molecule has 1 saturated heterocycles. The molecule has 3 aromatic rings. The standard InChI is InChI=1S/C23H23FN4O2/c1-2-30-20-9-5-18(6-10-20)23(29)28-13-11-27(12-14-28)22-15-21(25-16-26-22)17-3-7-19(24)8-4-17/h3-10,15-16H,2,11-14H2,1H3. The first kappa shape index (κ1) is 19.8. The Kier molecular flexibility index (Phi) is 5.88. The predicted molar refractivity (Wildman–Crippen MR) is 113 cm³/mol. The Bertz CT molecular complexity index is 1000. The third-order valence-electron chi connectivity index (χ3n) is 5.10. The quantitative estimate of drug-likeness (QED) is 0.647. The van der Waals surface area contributed by atoms with Gasteiger partial charge in [-0.1, -0.05) is 0 Å². The van der Waals surface area contributed by atoms with Crippen molar-refractivity contribution in [1.82, 2.24) is 14.9 Å². The van der Waals surface area contributed by atoms with Crippen molar-refractivity contribution in [3.8, 4) is 17.0 Å². The fourth-order valence-electron chi connectivity index (χ4n) is 3.48. The highest BCUT2D eigenvalue weighted by Gasteiger charge is 2.23. The zero-order valence-corrected chi connectivity index (χ0v) is 16.8. The molecule has 4 rings (SSSR count). The second-order valence-electron chi connectivity index (χ2n) is 7.00. The number of nitrogens with zero attached hydrogens (tertiary/aromatic N) is 4. The fourth-order valence-corrected chi connectivity index (χ4v) is 3.48. The fraction of sp³-hybridized carbons (Fsp3) is 0.261. The summed E-state index contributed by atoms with van der Waals surface area (Å²) in [5, 5.41) is 0. The molecule has 2 heterocycles. The summed E-state index contributed by atoms with van der Waals surface area (Å²) in [6.45, 7) is 5.12. The summed E-state index contributed by atoms with van der Waals surface area (Å²) >= 11 is 0. The molecule has 1 aliphatic heterocycles. The number of aromatic nitrogens is 2. The van der Waals surface area contributed by atoms with E-state index >= 15 is 0 Å². The summed E-state index contributed by atoms with van der Waals surface area (Å²) in [5.41, 5.74) is 2.24. The minimum absolute atomic E-state index is 0.0207. The Balaban J connectivity index is 1.40. The van der Waals surface area contributed by atoms with Crippen molar-refractivity contribution in [2.45, 2.75) is 6.92 Å². The van der Waals surface area contributed by atoms with Gasteiger partial charge in [0.1, 0.15) is 23.7 Å². The van der Waals surface area contributed by atoms with Gasteiger partial charge in [-0.15, -0.1) is 0 Å². The van der Waals surface area contributed by atoms with Gasteiger partial charge in [0.2, 0.25) is 0 Å². The van der Waals surface area contributed by atoms with Crippen LogP contribution in [0.2, 0.25) is 0 Å². The molecule has 0 saturated carbocycles. The molecule has 6 nitrogen and oxygen atoms in total. The van der Waals surface area contributed by atoms with E-state index in [0.29, 0.717) is 38.3 Å². The predicted octanol–water partition coefficient (Wildman–Crippen LogP) is 3.64. The van der Waals surface area contributed by atoms with Crippen molar-refractivity contribution in [2.24, 2.45) is 0 Å². The molecule has 0 atom stereocenters. The molecule has 7 heteroatoms. The summed E-state index contributed by atoms with van der Waals surface area (Å²) in [5.74, 6) is 1.31. The van der Waals surface area contributed by atoms with Gasteiger partial charge < -0.3 is 14.5 Å². The van der Waals surface area contributed by atoms with Gasteiger partial charge in [0.05, 0.1) is 12.3 Å². The van der Waals surface area contributed by atoms with Crippen LogP contribution in [0.5, 0.6) is 5.75 Å². The molecule has 0 bridgehead atoms. The largest absolute Gasteiger partial charge is 0.494 e. The molecule has 1 amide bonds. The third-order valence-corrected chi connectivity index (χ3v) is 5.10. The minimum atomic E-state index is -0.277. The summed E-state index contributed by atoms with van der Waals surface area (Å²) in [6.07, 6.45) is 1.52. The van der Waals surface area contributed by atoms with Crippen LogP contribution in [0.15, 0.2) is 60.9 Å². The summed E-state index contributed by atoms with van der Waals surface area (Å²) in [4.78, 5) is 25.5. The molecule has 0 radical (unpaired) electrons. The van der Waals surface area contributed by atoms with E-state index in [1.54, 1.807) is 24.3 Å². The average molecular weight is 406 g/mol. The maximum absolute atomic E-state index is 13.2. The Morgan fingerprint density at radius 3 is 2.37 bits per heavy atom. The number of anilines is 1. The number of hydrogen-bond acceptors (Lipinski definition) is 5. The van der Waals surface area contributed by atoms with Gasteiger partial charge in [-0.3, -0.25) is 4.79 Å². The number of hydrogen-bond donors (Lipinski definition) is 0. The van der Waals surface area contributed by atoms with E-state index in [1.807, 2.05) is 30.0 Å². The zero-order chi connectivity index (χ0) is 20.9. The lowest BCUT2D eigenvalue weighted by Gasteiger charge is -2.35. The molecular formula is C23H23FN4O2. The number of ether oxygens (including phenoxy) is 1. The molecule has 0 spiro atoms. The van der Waals surface area contributed by atoms with E-state index in [9.17, 15) is 9.18 Å². The Morgan fingerprint density at radius 1 is 1.00 bits per heavy atom. The molecule has 0 unspecified atom stereocenters. The topological polar surface area (TPSA) is 58.6 Å². The molecule has 154 valence electrons. The highest BCUT2D eigenvalue weighted by Crippen LogP contribution is 2.22. The van der Waals surface area contributed by atoms with E-state index in [0.717, 1.165) is 22.8 Å². The SMILES string of the molecule is CCOc1ccc(C(=O)N2CCN(c3cc(-c4ccc(F)cc4)ncn3)CC2)cc1. The van der Waals surface area contributed by atoms with E-state index in [2.05, 4.69) is 14.9 Å². The lowest BCUT2D eigenvalue weighted by Crippen LogP contribution is -2.49. The smallest absolute Gasteiger partial charge is 0.253 e. The molecular weight excluding hydrogens is 383 g/mol. The maximum Gasteiger partial charge on any atom is 0.253 e. The van der Waals surface area contributed by atoms with Crippen molar-refractivity contribution in [1.29, 1.82) is 0 Å². The summed E-state index contributed by atoms with van der Waals surface area (Å²) in [7, 11) is 0. The maximum atomic E-state index is 13.2. The van der Waals surface area contributed by atoms with Crippen molar-refractivity contribution in [3.05, 3.63) is 72.3 Å². The highest BCUT2D eigenvalue weighted by atomic mass is 19.1. The summed E-state index contributed by atoms with van der Waals surface area (Å²) < 4.78 is 18.6. The number of halogens is 1. The minimum Gasteiger partial charge on any atom is -0.494 e. The first-order valence-electron chi connectivity index (χ1n) is 9.99. The van der Waals surface area contributed by atoms with Crippen LogP contribution < -0.4 is 9.64 Å². The van der Waals surface area contributed by atoms with Crippen LogP contribution in [0.4, 0.5) is 10.2 Å². The lowest BCUT2D eigenvalue weighted by atomic mass is 10.1. The lowest BCUT2D eigenvalue weighted by molar-refractivity contribution is 0.0746. The first-order chi connectivity index (χ1) is 14.6. The Morgan fingerprint density at radius 2 is 1.70 bits per heavy atom. The van der Waals surface area contributed by atoms with Gasteiger partial charge >= 0.3 is 0 Å². The van der Waals surface area contributed by atoms with Gasteiger partial charge in [-0.25, -0.2) is 14.4 Å². The normalized spacial score (nSPS) is 13.9. The van der Waals surface area contributed by atoms with Crippen LogP contribution in [0.1, 0.15) is 17.3 Å². The second-order valence-corrected chi connectivity index (χ2v) is 7.00. The molecule has 1 aliphatic rings. The average Bonchev–Trinajstić information content (AvgIpc) is 2.80. The molecule has 2 aromatic carbocycles. The van der Waals surface area contributed by atoms with E-state index in [4.69, 9.17) is 4.74 Å². The third kappa shape index (κ3) is 4.40. The van der Waals surface area contributed by atoms with E-state index in [1.165, 1.54) is 18.5 Å². The van der Waals surface area contributed by atoms with Crippen molar-refractivity contribution in [3.63, 3.8) is 0 Å². The molecule has 1 aromatic heterocycles. The highest BCUT2D eigenvalue weighted by molar-refractivity contribution is 5.94. The van der Waals surface area contributed by atoms with Gasteiger partial charge in [0.15, 0.2) is 0 Å². The van der Waals surface area contributed by atoms with Gasteiger partial charge in [-0.05, 0) is 55.5 Å². The number of amides is 1. The molecule has 0 aliphatic carbocycles. The number of carbonyl (C=O) groups is 1. The Labute approximate surface area is 174 Å². The monoisotopic (exact) mass is 406 g/mol. The van der Waals surface area contributed by atoms with Gasteiger partial charge in [0, 0.05) is 43.4 Å². The number of carbonyl (C=O) groups excluding carboxylic acids is 1. The molecule has 30 heavy (non-hydrogen) atoms. The number of rotatable bonds is 5. The molecule has 0 N–H and O–H groups in total. The van der Waals surface area contributed by atoms with E-state index < -0.39 is 0 Å². The molecule has 1 fully saturated rings. The van der Waals surface area contributed by atoms with Crippen molar-refractivity contribution < 1.29 is 13.9 Å². The van der Waals surface area contributed by atoms with Gasteiger partial charge in [0.25, 0.3) is 5.91 Å². The van der Waals surface area contributed by atoms with Crippen LogP contribution in [0.25, 0.3) is 11.3 Å². The van der Waals surface area contributed by atoms with Crippen molar-refractivity contribution in [2.75, 3.05) is 37.7 Å². The van der Waals surface area contributed by atoms with Crippen LogP contribution in [0, 0.1) is 5.82 Å². The zero-order valence-electron chi connectivity index (χ0n) is 16.8.